The van der Waals surface area contributed by atoms with Crippen LogP contribution in [0.4, 0.5) is 22.0 Å². The second-order valence-electron chi connectivity index (χ2n) is 8.34. The van der Waals surface area contributed by atoms with Crippen LogP contribution in [-0.4, -0.2) is 63.5 Å². The number of alkyl halides is 5. The van der Waals surface area contributed by atoms with E-state index in [1.807, 2.05) is 0 Å². The Morgan fingerprint density at radius 2 is 1.94 bits per heavy atom. The lowest BCUT2D eigenvalue weighted by Gasteiger charge is -2.29. The molecule has 8 nitrogen and oxygen atoms in total. The monoisotopic (exact) mass is 530 g/mol. The van der Waals surface area contributed by atoms with E-state index in [4.69, 9.17) is 0 Å². The highest BCUT2D eigenvalue weighted by molar-refractivity contribution is 8.00. The van der Waals surface area contributed by atoms with Gasteiger partial charge in [-0.25, -0.2) is 0 Å². The first-order valence-corrected chi connectivity index (χ1v) is 11.6. The molecule has 0 aromatic heterocycles. The Morgan fingerprint density at radius 1 is 1.19 bits per heavy atom. The van der Waals surface area contributed by atoms with E-state index in [2.05, 4.69) is 15.6 Å². The average Bonchev–Trinajstić information content (AvgIpc) is 3.12. The number of imide groups is 1. The number of benzene rings is 1. The molecule has 4 rings (SSSR count). The second-order valence-corrected chi connectivity index (χ2v) is 9.64. The molecule has 1 aromatic carbocycles. The van der Waals surface area contributed by atoms with Gasteiger partial charge in [-0.15, -0.1) is 0 Å². The highest BCUT2D eigenvalue weighted by atomic mass is 32.2. The number of hydrogen-bond acceptors (Lipinski definition) is 6. The molecule has 1 fully saturated rings. The summed E-state index contributed by atoms with van der Waals surface area (Å²) in [6.45, 7) is -0.768. The van der Waals surface area contributed by atoms with Gasteiger partial charge in [0, 0.05) is 25.1 Å². The molecule has 0 saturated carbocycles. The Kier molecular flexibility index (Phi) is 6.90. The molecule has 0 bridgehead atoms. The van der Waals surface area contributed by atoms with Crippen molar-refractivity contribution in [2.24, 2.45) is 4.99 Å². The number of allylic oxidation sites excluding steroid dienone is 1. The summed E-state index contributed by atoms with van der Waals surface area (Å²) in [6.07, 6.45) is 1.95. The second kappa shape index (κ2) is 9.64. The number of fused-ring (bicyclic) bond motifs is 1. The summed E-state index contributed by atoms with van der Waals surface area (Å²) in [4.78, 5) is 53.2. The molecule has 1 aromatic rings. The average molecular weight is 530 g/mol. The molecule has 2 N–H and O–H groups in total. The maximum atomic E-state index is 14.5. The maximum absolute atomic E-state index is 14.5. The number of aliphatic imine (C=N–C) groups is 1. The first-order chi connectivity index (χ1) is 16.8. The molecule has 14 heteroatoms. The highest BCUT2D eigenvalue weighted by Gasteiger charge is 2.45. The fraction of sp³-hybridized carbons (Fsp3) is 0.409. The molecule has 3 aliphatic heterocycles. The number of carbonyl (C=O) groups excluding carboxylic acids is 4. The number of amides is 4. The van der Waals surface area contributed by atoms with Gasteiger partial charge in [0.1, 0.15) is 11.8 Å². The Morgan fingerprint density at radius 3 is 2.58 bits per heavy atom. The van der Waals surface area contributed by atoms with Crippen molar-refractivity contribution in [1.29, 1.82) is 0 Å². The minimum absolute atomic E-state index is 0.0805. The molecule has 4 amide bonds. The number of hydrogen-bond donors (Lipinski definition) is 2. The number of thioether (sulfide) groups is 1. The van der Waals surface area contributed by atoms with Crippen molar-refractivity contribution >= 4 is 41.1 Å². The van der Waals surface area contributed by atoms with Gasteiger partial charge in [0.25, 0.3) is 11.8 Å². The molecule has 1 saturated heterocycles. The van der Waals surface area contributed by atoms with Gasteiger partial charge in [0.2, 0.25) is 11.8 Å². The predicted octanol–water partition coefficient (Wildman–Crippen LogP) is 2.33. The largest absolute Gasteiger partial charge is 0.442 e. The third-order valence-electron chi connectivity index (χ3n) is 5.84. The van der Waals surface area contributed by atoms with Gasteiger partial charge in [0.05, 0.1) is 11.8 Å². The van der Waals surface area contributed by atoms with Crippen molar-refractivity contribution in [3.05, 3.63) is 47.0 Å². The van der Waals surface area contributed by atoms with E-state index < -0.39 is 58.6 Å². The zero-order chi connectivity index (χ0) is 26.3. The van der Waals surface area contributed by atoms with Crippen molar-refractivity contribution in [3.8, 4) is 0 Å². The third-order valence-corrected chi connectivity index (χ3v) is 6.72. The van der Waals surface area contributed by atoms with Crippen molar-refractivity contribution in [1.82, 2.24) is 15.5 Å². The van der Waals surface area contributed by atoms with E-state index in [0.717, 1.165) is 12.2 Å². The van der Waals surface area contributed by atoms with Crippen molar-refractivity contribution in [3.63, 3.8) is 0 Å². The zero-order valence-corrected chi connectivity index (χ0v) is 19.2. The molecule has 2 unspecified atom stereocenters. The van der Waals surface area contributed by atoms with Crippen LogP contribution >= 0.6 is 11.8 Å². The van der Waals surface area contributed by atoms with E-state index >= 15 is 0 Å². The summed E-state index contributed by atoms with van der Waals surface area (Å²) in [7, 11) is 0. The van der Waals surface area contributed by atoms with E-state index in [1.54, 1.807) is 6.07 Å². The standard InChI is InChI=1S/C22H19F5N4O4S/c23-21(24,16-5-2-13(9-28-16)36-22(25,26)27)20(35)29-8-11-1-3-14-12(7-11)10-31(19(14)34)15-4-6-17(32)30-18(15)33/h1-3,5,7,13,15H,4,6,8-10H2,(H,29,35)(H,30,32,33). The molecule has 0 spiro atoms. The smallest absolute Gasteiger partial charge is 0.346 e. The molecule has 36 heavy (non-hydrogen) atoms. The van der Waals surface area contributed by atoms with E-state index in [1.165, 1.54) is 17.0 Å². The van der Waals surface area contributed by atoms with Crippen molar-refractivity contribution in [2.75, 3.05) is 6.54 Å². The summed E-state index contributed by atoms with van der Waals surface area (Å²) in [5.74, 6) is -7.10. The number of rotatable bonds is 6. The van der Waals surface area contributed by atoms with E-state index in [9.17, 15) is 41.1 Å². The highest BCUT2D eigenvalue weighted by Crippen LogP contribution is 2.36. The summed E-state index contributed by atoms with van der Waals surface area (Å²) in [6, 6.07) is 3.69. The number of nitrogens with zero attached hydrogens (tertiary/aromatic N) is 2. The van der Waals surface area contributed by atoms with Crippen LogP contribution < -0.4 is 10.6 Å². The first kappa shape index (κ1) is 25.8. The Balaban J connectivity index is 1.36. The fourth-order valence-electron chi connectivity index (χ4n) is 4.10. The minimum atomic E-state index is -4.54. The summed E-state index contributed by atoms with van der Waals surface area (Å²) in [5, 5.41) is 3.13. The lowest BCUT2D eigenvalue weighted by Crippen LogP contribution is -2.52. The third kappa shape index (κ3) is 5.42. The van der Waals surface area contributed by atoms with Crippen molar-refractivity contribution < 1.29 is 41.1 Å². The van der Waals surface area contributed by atoms with Gasteiger partial charge in [-0.3, -0.25) is 29.5 Å². The van der Waals surface area contributed by atoms with Crippen molar-refractivity contribution in [2.45, 2.75) is 48.7 Å². The molecule has 0 aliphatic carbocycles. The predicted molar refractivity (Wildman–Crippen MR) is 118 cm³/mol. The number of piperidine rings is 1. The summed E-state index contributed by atoms with van der Waals surface area (Å²) >= 11 is -0.378. The van der Waals surface area contributed by atoms with Crippen LogP contribution in [0.25, 0.3) is 0 Å². The van der Waals surface area contributed by atoms with Gasteiger partial charge < -0.3 is 10.2 Å². The summed E-state index contributed by atoms with van der Waals surface area (Å²) in [5.41, 5.74) is -4.19. The van der Waals surface area contributed by atoms with Gasteiger partial charge in [0.15, 0.2) is 0 Å². The maximum Gasteiger partial charge on any atom is 0.442 e. The fourth-order valence-corrected chi connectivity index (χ4v) is 4.75. The van der Waals surface area contributed by atoms with Crippen LogP contribution in [0.2, 0.25) is 0 Å². The SMILES string of the molecule is O=C1CCC(N2Cc3cc(CNC(=O)C(F)(F)C4=NCC(SC(F)(F)F)C=C4)ccc3C2=O)C(=O)N1. The van der Waals surface area contributed by atoms with Crippen LogP contribution in [0, 0.1) is 0 Å². The van der Waals surface area contributed by atoms with Crippen LogP contribution in [0.15, 0.2) is 35.3 Å². The molecular weight excluding hydrogens is 511 g/mol. The van der Waals surface area contributed by atoms with Gasteiger partial charge in [-0.2, -0.15) is 22.0 Å². The zero-order valence-electron chi connectivity index (χ0n) is 18.4. The van der Waals surface area contributed by atoms with Crippen LogP contribution in [-0.2, 0) is 27.5 Å². The lowest BCUT2D eigenvalue weighted by molar-refractivity contribution is -0.138. The quantitative estimate of drug-likeness (QED) is 0.434. The number of nitrogens with one attached hydrogen (secondary N) is 2. The minimum Gasteiger partial charge on any atom is -0.346 e. The number of halogens is 5. The normalized spacial score (nSPS) is 22.3. The Bertz CT molecular complexity index is 1180. The first-order valence-electron chi connectivity index (χ1n) is 10.8. The number of carbonyl (C=O) groups is 4. The molecule has 3 heterocycles. The number of dihydropyridines is 1. The van der Waals surface area contributed by atoms with Gasteiger partial charge in [-0.05, 0) is 41.5 Å². The Hall–Kier alpha value is -3.29. The van der Waals surface area contributed by atoms with E-state index in [-0.39, 0.29) is 37.7 Å². The molecular formula is C22H19F5N4O4S. The molecule has 3 aliphatic rings. The van der Waals surface area contributed by atoms with Gasteiger partial charge in [-0.1, -0.05) is 18.2 Å². The molecule has 2 atom stereocenters. The van der Waals surface area contributed by atoms with Crippen LogP contribution in [0.1, 0.15) is 34.3 Å². The molecule has 0 radical (unpaired) electrons. The topological polar surface area (TPSA) is 108 Å². The van der Waals surface area contributed by atoms with Gasteiger partial charge >= 0.3 is 11.4 Å². The Labute approximate surface area is 205 Å². The van der Waals surface area contributed by atoms with Crippen LogP contribution in [0.5, 0.6) is 0 Å². The molecule has 192 valence electrons. The lowest BCUT2D eigenvalue weighted by atomic mass is 10.0. The van der Waals surface area contributed by atoms with E-state index in [0.29, 0.717) is 16.7 Å². The summed E-state index contributed by atoms with van der Waals surface area (Å²) < 4.78 is 66.3. The van der Waals surface area contributed by atoms with Crippen LogP contribution in [0.3, 0.4) is 0 Å².